The van der Waals surface area contributed by atoms with Gasteiger partial charge in [0.2, 0.25) is 0 Å². The minimum Gasteiger partial charge on any atom is -0.455 e. The highest BCUT2D eigenvalue weighted by molar-refractivity contribution is 6.19. The fraction of sp³-hybridized carbons (Fsp3) is 0. The van der Waals surface area contributed by atoms with Crippen molar-refractivity contribution in [1.29, 1.82) is 0 Å². The first-order chi connectivity index (χ1) is 30.4. The lowest BCUT2D eigenvalue weighted by molar-refractivity contribution is 0.673. The van der Waals surface area contributed by atoms with Crippen LogP contribution >= 0.6 is 0 Å². The average Bonchev–Trinajstić information content (AvgIpc) is 3.73. The van der Waals surface area contributed by atoms with E-state index in [1.165, 1.54) is 5.39 Å². The lowest BCUT2D eigenvalue weighted by Crippen LogP contribution is -2.11. The van der Waals surface area contributed by atoms with Crippen LogP contribution in [0.3, 0.4) is 0 Å². The molecule has 0 radical (unpaired) electrons. The zero-order valence-electron chi connectivity index (χ0n) is 35.4. The molecule has 0 saturated carbocycles. The summed E-state index contributed by atoms with van der Waals surface area (Å²) in [4.78, 5) is 1.89. The topological polar surface area (TPSA) is 16.4 Å². The number of fused-ring (bicyclic) bond motifs is 6. The van der Waals surface area contributed by atoms with E-state index < -0.39 is 0 Å². The summed E-state index contributed by atoms with van der Waals surface area (Å²) in [7, 11) is 0. The van der Waals surface area contributed by atoms with Crippen LogP contribution in [0.15, 0.2) is 229 Å². The maximum atomic E-state index is 9.74. The number of para-hydroxylation sites is 1. The van der Waals surface area contributed by atoms with Gasteiger partial charge in [0.1, 0.15) is 11.2 Å². The van der Waals surface area contributed by atoms with E-state index >= 15 is 0 Å². The maximum Gasteiger partial charge on any atom is 0.143 e. The summed E-state index contributed by atoms with van der Waals surface area (Å²) >= 11 is 0. The van der Waals surface area contributed by atoms with Gasteiger partial charge in [0.25, 0.3) is 0 Å². The Labute approximate surface area is 343 Å². The summed E-state index contributed by atoms with van der Waals surface area (Å²) in [6, 6.07) is 66.6. The van der Waals surface area contributed by atoms with Gasteiger partial charge < -0.3 is 9.32 Å². The quantitative estimate of drug-likeness (QED) is 0.162. The number of nitrogens with zero attached hydrogens (tertiary/aromatic N) is 1. The van der Waals surface area contributed by atoms with Gasteiger partial charge in [-0.25, -0.2) is 0 Å². The Bertz CT molecular complexity index is 3490. The first kappa shape index (κ1) is 29.6. The van der Waals surface area contributed by atoms with Gasteiger partial charge in [-0.1, -0.05) is 170 Å². The number of furan rings is 1. The van der Waals surface area contributed by atoms with Gasteiger partial charge in [-0.2, -0.15) is 0 Å². The highest BCUT2D eigenvalue weighted by atomic mass is 16.3. The molecule has 2 heteroatoms. The molecule has 0 amide bonds. The number of hydrogen-bond acceptors (Lipinski definition) is 2. The van der Waals surface area contributed by atoms with E-state index in [2.05, 4.69) is 78.9 Å². The van der Waals surface area contributed by atoms with E-state index in [0.29, 0.717) is 16.9 Å². The van der Waals surface area contributed by atoms with Crippen LogP contribution in [0.4, 0.5) is 17.1 Å². The second-order valence-corrected chi connectivity index (χ2v) is 14.6. The summed E-state index contributed by atoms with van der Waals surface area (Å²) in [5.41, 5.74) is 9.78. The van der Waals surface area contributed by atoms with E-state index in [9.17, 15) is 5.48 Å². The molecule has 58 heavy (non-hydrogen) atoms. The SMILES string of the molecule is [2H]c1c([2H])c(N(c2ccc(-c3ccc4ccccc4c3)cc2)c2ccccc2-c2cccc3oc4c5ccccc5ccc4c23)c([2H])c([2H])c1-c1cccc(-c2ccccc2)c1. The normalized spacial score (nSPS) is 12.4. The third-order valence-corrected chi connectivity index (χ3v) is 11.1. The molecule has 11 rings (SSSR count). The Morgan fingerprint density at radius 3 is 1.81 bits per heavy atom. The predicted octanol–water partition coefficient (Wildman–Crippen LogP) is 16.0. The molecule has 1 aromatic heterocycles. The van der Waals surface area contributed by atoms with Crippen LogP contribution in [0.5, 0.6) is 0 Å². The van der Waals surface area contributed by atoms with Crippen LogP contribution in [0.25, 0.3) is 88.0 Å². The highest BCUT2D eigenvalue weighted by Gasteiger charge is 2.21. The monoisotopic (exact) mass is 743 g/mol. The van der Waals surface area contributed by atoms with Crippen molar-refractivity contribution < 1.29 is 9.90 Å². The van der Waals surface area contributed by atoms with E-state index in [4.69, 9.17) is 4.42 Å². The molecule has 0 unspecified atom stereocenters. The highest BCUT2D eigenvalue weighted by Crippen LogP contribution is 2.46. The van der Waals surface area contributed by atoms with Crippen molar-refractivity contribution in [1.82, 2.24) is 0 Å². The summed E-state index contributed by atoms with van der Waals surface area (Å²) in [6.07, 6.45) is 0. The van der Waals surface area contributed by atoms with E-state index in [0.717, 1.165) is 71.5 Å². The van der Waals surface area contributed by atoms with Crippen LogP contribution in [0.1, 0.15) is 5.48 Å². The van der Waals surface area contributed by atoms with Gasteiger partial charge in [-0.3, -0.25) is 0 Å². The average molecular weight is 744 g/mol. The van der Waals surface area contributed by atoms with E-state index in [-0.39, 0.29) is 35.4 Å². The molecule has 1 heterocycles. The van der Waals surface area contributed by atoms with Crippen LogP contribution in [0.2, 0.25) is 0 Å². The molecule has 10 aromatic carbocycles. The largest absolute Gasteiger partial charge is 0.455 e. The Morgan fingerprint density at radius 2 is 0.966 bits per heavy atom. The number of hydrogen-bond donors (Lipinski definition) is 0. The summed E-state index contributed by atoms with van der Waals surface area (Å²) < 4.78 is 45.2. The van der Waals surface area contributed by atoms with Crippen molar-refractivity contribution >= 4 is 60.5 Å². The van der Waals surface area contributed by atoms with Gasteiger partial charge in [0.15, 0.2) is 0 Å². The molecule has 0 spiro atoms. The third kappa shape index (κ3) is 5.91. The maximum absolute atomic E-state index is 9.74. The molecule has 0 aliphatic rings. The molecule has 0 aliphatic carbocycles. The standard InChI is InChI=1S/C56H37NO/c1-2-12-38(13-3-1)44-17-10-18-45(36-44)40-26-31-47(32-27-40)57(48-33-28-41(29-34-48)46-25-24-39-14-4-5-16-43(39)37-46)53-22-9-8-20-50(53)51-21-11-23-54-55(51)52-35-30-42-15-6-7-19-49(42)56(52)58-54/h1-37H/i26D,27D,31D,32D. The Balaban J connectivity index is 1.12. The smallest absolute Gasteiger partial charge is 0.143 e. The predicted molar refractivity (Wildman–Crippen MR) is 245 cm³/mol. The van der Waals surface area contributed by atoms with Gasteiger partial charge >= 0.3 is 0 Å². The summed E-state index contributed by atoms with van der Waals surface area (Å²) in [6.45, 7) is 0. The van der Waals surface area contributed by atoms with Gasteiger partial charge in [-0.15, -0.1) is 0 Å². The van der Waals surface area contributed by atoms with Crippen LogP contribution in [-0.2, 0) is 0 Å². The van der Waals surface area contributed by atoms with E-state index in [1.54, 1.807) is 0 Å². The van der Waals surface area contributed by atoms with Crippen LogP contribution in [0, 0.1) is 0 Å². The van der Waals surface area contributed by atoms with Crippen LogP contribution in [-0.4, -0.2) is 0 Å². The second-order valence-electron chi connectivity index (χ2n) is 14.6. The molecule has 0 N–H and O–H groups in total. The van der Waals surface area contributed by atoms with Crippen LogP contribution < -0.4 is 4.90 Å². The first-order valence-corrected chi connectivity index (χ1v) is 19.5. The minimum atomic E-state index is -0.141. The zero-order chi connectivity index (χ0) is 41.9. The molecule has 0 fully saturated rings. The molecule has 0 atom stereocenters. The fourth-order valence-corrected chi connectivity index (χ4v) is 8.28. The van der Waals surface area contributed by atoms with Crippen molar-refractivity contribution in [3.63, 3.8) is 0 Å². The van der Waals surface area contributed by atoms with Gasteiger partial charge in [-0.05, 0) is 110 Å². The molecule has 272 valence electrons. The second kappa shape index (κ2) is 14.1. The van der Waals surface area contributed by atoms with Crippen molar-refractivity contribution in [3.8, 4) is 44.5 Å². The first-order valence-electron chi connectivity index (χ1n) is 21.5. The lowest BCUT2D eigenvalue weighted by atomic mass is 9.95. The molecule has 0 saturated heterocycles. The summed E-state index contributed by atoms with van der Waals surface area (Å²) in [5.74, 6) is 0. The minimum absolute atomic E-state index is 0.115. The molecule has 2 nitrogen and oxygen atoms in total. The molecule has 11 aromatic rings. The number of benzene rings is 10. The lowest BCUT2D eigenvalue weighted by Gasteiger charge is -2.28. The van der Waals surface area contributed by atoms with Crippen molar-refractivity contribution in [2.45, 2.75) is 0 Å². The number of rotatable bonds is 7. The van der Waals surface area contributed by atoms with Crippen molar-refractivity contribution in [2.75, 3.05) is 4.90 Å². The molecule has 0 aliphatic heterocycles. The summed E-state index contributed by atoms with van der Waals surface area (Å²) in [5, 5.41) is 6.39. The fourth-order valence-electron chi connectivity index (χ4n) is 8.28. The molecular formula is C56H37NO. The Hall–Kier alpha value is -7.68. The molecule has 0 bridgehead atoms. The molecular weight excluding hydrogens is 703 g/mol. The van der Waals surface area contributed by atoms with E-state index in [1.807, 2.05) is 126 Å². The van der Waals surface area contributed by atoms with Gasteiger partial charge in [0, 0.05) is 33.1 Å². The number of anilines is 3. The van der Waals surface area contributed by atoms with Crippen molar-refractivity contribution in [2.24, 2.45) is 0 Å². The Morgan fingerprint density at radius 1 is 0.362 bits per heavy atom. The van der Waals surface area contributed by atoms with Crippen molar-refractivity contribution in [3.05, 3.63) is 224 Å². The third-order valence-electron chi connectivity index (χ3n) is 11.1. The van der Waals surface area contributed by atoms with Gasteiger partial charge in [0.05, 0.1) is 11.2 Å². The Kier molecular flexibility index (Phi) is 7.20. The zero-order valence-corrected chi connectivity index (χ0v) is 31.4.